The van der Waals surface area contributed by atoms with Gasteiger partial charge in [-0.25, -0.2) is 4.39 Å². The molecular weight excluding hydrogens is 387 g/mol. The maximum Gasteiger partial charge on any atom is 0.238 e. The standard InChI is InChI=1S/C19H22BrFN2O2/c1-3-10-23(12-14-8-9-15(20)11-16(14)21)13-19(24)22-17-6-4-5-7-18(17)25-2/h4-9,11H,3,10,12-13H2,1-2H3,(H,22,24). The molecule has 0 aliphatic carbocycles. The minimum atomic E-state index is -0.277. The predicted molar refractivity (Wildman–Crippen MR) is 101 cm³/mol. The van der Waals surface area contributed by atoms with Crippen LogP contribution in [0.3, 0.4) is 0 Å². The Morgan fingerprint density at radius 1 is 1.28 bits per heavy atom. The van der Waals surface area contributed by atoms with Crippen molar-refractivity contribution in [3.63, 3.8) is 0 Å². The molecule has 0 radical (unpaired) electrons. The average Bonchev–Trinajstić information content (AvgIpc) is 2.58. The molecule has 0 heterocycles. The molecular formula is C19H22BrFN2O2. The minimum Gasteiger partial charge on any atom is -0.495 e. The van der Waals surface area contributed by atoms with Crippen LogP contribution in [0.15, 0.2) is 46.9 Å². The predicted octanol–water partition coefficient (Wildman–Crippen LogP) is 4.45. The van der Waals surface area contributed by atoms with Crippen LogP contribution in [0.2, 0.25) is 0 Å². The lowest BCUT2D eigenvalue weighted by Gasteiger charge is -2.22. The second-order valence-electron chi connectivity index (χ2n) is 5.69. The van der Waals surface area contributed by atoms with Gasteiger partial charge in [0, 0.05) is 16.6 Å². The van der Waals surface area contributed by atoms with E-state index in [2.05, 4.69) is 21.2 Å². The molecule has 0 bridgehead atoms. The van der Waals surface area contributed by atoms with Crippen LogP contribution in [-0.2, 0) is 11.3 Å². The zero-order valence-electron chi connectivity index (χ0n) is 14.4. The number of methoxy groups -OCH3 is 1. The molecule has 2 aromatic carbocycles. The molecule has 0 spiro atoms. The van der Waals surface area contributed by atoms with E-state index in [1.54, 1.807) is 31.4 Å². The number of nitrogens with zero attached hydrogens (tertiary/aromatic N) is 1. The third-order valence-corrected chi connectivity index (χ3v) is 4.19. The van der Waals surface area contributed by atoms with E-state index >= 15 is 0 Å². The zero-order chi connectivity index (χ0) is 18.2. The normalized spacial score (nSPS) is 10.8. The van der Waals surface area contributed by atoms with Crippen LogP contribution in [0, 0.1) is 5.82 Å². The molecule has 0 fully saturated rings. The van der Waals surface area contributed by atoms with E-state index in [4.69, 9.17) is 4.74 Å². The van der Waals surface area contributed by atoms with Crippen LogP contribution in [0.4, 0.5) is 10.1 Å². The van der Waals surface area contributed by atoms with Crippen LogP contribution in [0.25, 0.3) is 0 Å². The monoisotopic (exact) mass is 408 g/mol. The van der Waals surface area contributed by atoms with Crippen molar-refractivity contribution in [1.29, 1.82) is 0 Å². The van der Waals surface area contributed by atoms with E-state index in [0.29, 0.717) is 34.6 Å². The van der Waals surface area contributed by atoms with Gasteiger partial charge in [-0.05, 0) is 37.2 Å². The van der Waals surface area contributed by atoms with Crippen molar-refractivity contribution in [1.82, 2.24) is 4.90 Å². The Morgan fingerprint density at radius 3 is 2.72 bits per heavy atom. The highest BCUT2D eigenvalue weighted by atomic mass is 79.9. The maximum atomic E-state index is 14.1. The van der Waals surface area contributed by atoms with Gasteiger partial charge in [0.1, 0.15) is 11.6 Å². The minimum absolute atomic E-state index is 0.157. The number of amides is 1. The average molecular weight is 409 g/mol. The molecule has 4 nitrogen and oxygen atoms in total. The van der Waals surface area contributed by atoms with Gasteiger partial charge in [-0.1, -0.05) is 41.1 Å². The number of para-hydroxylation sites is 2. The highest BCUT2D eigenvalue weighted by Gasteiger charge is 2.14. The third kappa shape index (κ3) is 5.83. The molecule has 0 aromatic heterocycles. The highest BCUT2D eigenvalue weighted by molar-refractivity contribution is 9.10. The fourth-order valence-electron chi connectivity index (χ4n) is 2.56. The van der Waals surface area contributed by atoms with Gasteiger partial charge >= 0.3 is 0 Å². The van der Waals surface area contributed by atoms with Crippen molar-refractivity contribution in [3.05, 3.63) is 58.3 Å². The fourth-order valence-corrected chi connectivity index (χ4v) is 2.89. The Morgan fingerprint density at radius 2 is 2.04 bits per heavy atom. The summed E-state index contributed by atoms with van der Waals surface area (Å²) in [7, 11) is 1.56. The number of hydrogen-bond donors (Lipinski definition) is 1. The summed E-state index contributed by atoms with van der Waals surface area (Å²) >= 11 is 3.25. The largest absolute Gasteiger partial charge is 0.495 e. The highest BCUT2D eigenvalue weighted by Crippen LogP contribution is 2.23. The molecule has 25 heavy (non-hydrogen) atoms. The van der Waals surface area contributed by atoms with E-state index in [-0.39, 0.29) is 18.3 Å². The number of nitrogens with one attached hydrogen (secondary N) is 1. The topological polar surface area (TPSA) is 41.6 Å². The van der Waals surface area contributed by atoms with Crippen LogP contribution < -0.4 is 10.1 Å². The van der Waals surface area contributed by atoms with Gasteiger partial charge in [0.05, 0.1) is 19.3 Å². The van der Waals surface area contributed by atoms with E-state index in [9.17, 15) is 9.18 Å². The summed E-state index contributed by atoms with van der Waals surface area (Å²) in [6.07, 6.45) is 0.875. The Bertz CT molecular complexity index is 724. The molecule has 1 amide bonds. The van der Waals surface area contributed by atoms with Crippen LogP contribution in [-0.4, -0.2) is 31.0 Å². The van der Waals surface area contributed by atoms with Gasteiger partial charge in [0.2, 0.25) is 5.91 Å². The summed E-state index contributed by atoms with van der Waals surface area (Å²) in [5, 5.41) is 2.85. The van der Waals surface area contributed by atoms with Gasteiger partial charge in [-0.15, -0.1) is 0 Å². The lowest BCUT2D eigenvalue weighted by molar-refractivity contribution is -0.117. The number of benzene rings is 2. The quantitative estimate of drug-likeness (QED) is 0.701. The van der Waals surface area contributed by atoms with E-state index < -0.39 is 0 Å². The summed E-state index contributed by atoms with van der Waals surface area (Å²) in [4.78, 5) is 14.3. The van der Waals surface area contributed by atoms with Gasteiger partial charge in [0.25, 0.3) is 0 Å². The molecule has 0 aliphatic rings. The zero-order valence-corrected chi connectivity index (χ0v) is 16.0. The van der Waals surface area contributed by atoms with Crippen molar-refractivity contribution in [3.8, 4) is 5.75 Å². The number of hydrogen-bond acceptors (Lipinski definition) is 3. The van der Waals surface area contributed by atoms with Crippen LogP contribution in [0.5, 0.6) is 5.75 Å². The number of halogens is 2. The Kier molecular flexibility index (Phi) is 7.40. The van der Waals surface area contributed by atoms with Gasteiger partial charge < -0.3 is 10.1 Å². The van der Waals surface area contributed by atoms with E-state index in [0.717, 1.165) is 6.42 Å². The van der Waals surface area contributed by atoms with Crippen molar-refractivity contribution >= 4 is 27.5 Å². The Balaban J connectivity index is 2.03. The molecule has 0 saturated carbocycles. The van der Waals surface area contributed by atoms with Gasteiger partial charge in [-0.2, -0.15) is 0 Å². The second kappa shape index (κ2) is 9.53. The number of carbonyl (C=O) groups is 1. The first kappa shape index (κ1) is 19.4. The molecule has 2 aromatic rings. The molecule has 1 N–H and O–H groups in total. The van der Waals surface area contributed by atoms with Crippen molar-refractivity contribution in [2.75, 3.05) is 25.5 Å². The smallest absolute Gasteiger partial charge is 0.238 e. The summed E-state index contributed by atoms with van der Waals surface area (Å²) < 4.78 is 20.0. The first-order chi connectivity index (χ1) is 12.0. The molecule has 0 unspecified atom stereocenters. The molecule has 0 saturated heterocycles. The summed E-state index contributed by atoms with van der Waals surface area (Å²) in [5.74, 6) is 0.174. The Hall–Kier alpha value is -1.92. The number of carbonyl (C=O) groups excluding carboxylic acids is 1. The van der Waals surface area contributed by atoms with Gasteiger partial charge in [-0.3, -0.25) is 9.69 Å². The van der Waals surface area contributed by atoms with E-state index in [1.165, 1.54) is 6.07 Å². The maximum absolute atomic E-state index is 14.1. The van der Waals surface area contributed by atoms with E-state index in [1.807, 2.05) is 24.0 Å². The van der Waals surface area contributed by atoms with Crippen molar-refractivity contribution in [2.45, 2.75) is 19.9 Å². The third-order valence-electron chi connectivity index (χ3n) is 3.70. The number of anilines is 1. The van der Waals surface area contributed by atoms with Crippen molar-refractivity contribution in [2.24, 2.45) is 0 Å². The summed E-state index contributed by atoms with van der Waals surface area (Å²) in [6, 6.07) is 12.2. The van der Waals surface area contributed by atoms with Crippen molar-refractivity contribution < 1.29 is 13.9 Å². The SMILES string of the molecule is CCCN(CC(=O)Nc1ccccc1OC)Cc1ccc(Br)cc1F. The first-order valence-corrected chi connectivity index (χ1v) is 8.92. The molecule has 0 atom stereocenters. The number of rotatable bonds is 8. The lowest BCUT2D eigenvalue weighted by Crippen LogP contribution is -2.33. The second-order valence-corrected chi connectivity index (χ2v) is 6.61. The molecule has 2 rings (SSSR count). The number of ether oxygens (including phenoxy) is 1. The van der Waals surface area contributed by atoms with Crippen LogP contribution in [0.1, 0.15) is 18.9 Å². The lowest BCUT2D eigenvalue weighted by atomic mass is 10.2. The Labute approximate surface area is 156 Å². The fraction of sp³-hybridized carbons (Fsp3) is 0.316. The van der Waals surface area contributed by atoms with Gasteiger partial charge in [0.15, 0.2) is 0 Å². The summed E-state index contributed by atoms with van der Waals surface area (Å²) in [5.41, 5.74) is 1.20. The molecule has 0 aliphatic heterocycles. The summed E-state index contributed by atoms with van der Waals surface area (Å²) in [6.45, 7) is 3.30. The first-order valence-electron chi connectivity index (χ1n) is 8.12. The molecule has 6 heteroatoms. The molecule has 134 valence electrons. The van der Waals surface area contributed by atoms with Crippen LogP contribution >= 0.6 is 15.9 Å².